The van der Waals surface area contributed by atoms with E-state index in [1.807, 2.05) is 24.3 Å². The molecule has 25 heavy (non-hydrogen) atoms. The largest absolute Gasteiger partial charge is 0.497 e. The van der Waals surface area contributed by atoms with Crippen LogP contribution in [0.1, 0.15) is 24.8 Å². The molecule has 0 amide bonds. The fourth-order valence-electron chi connectivity index (χ4n) is 3.87. The van der Waals surface area contributed by atoms with Crippen LogP contribution in [0.3, 0.4) is 0 Å². The molecule has 2 heterocycles. The molecule has 1 aliphatic carbocycles. The standard InChI is InChI=1S/C17H23N5O3/c1-24-13-4-2-12(3-5-13)11-22-16(19-20-21-22)18-14-10-15(23)17(14)6-8-25-9-7-17/h2-5,14-15,23H,6-11H2,1H3,(H,18,19,21)/t14-,15-/m1/s1. The number of aliphatic hydroxyl groups is 1. The molecule has 2 aliphatic rings. The van der Waals surface area contributed by atoms with Crippen LogP contribution in [0.4, 0.5) is 5.95 Å². The van der Waals surface area contributed by atoms with E-state index < -0.39 is 0 Å². The number of aliphatic hydroxyl groups excluding tert-OH is 1. The molecule has 2 fully saturated rings. The van der Waals surface area contributed by atoms with Crippen molar-refractivity contribution >= 4 is 5.95 Å². The molecule has 1 aromatic carbocycles. The monoisotopic (exact) mass is 345 g/mol. The number of hydrogen-bond donors (Lipinski definition) is 2. The van der Waals surface area contributed by atoms with Crippen LogP contribution in [0.25, 0.3) is 0 Å². The second-order valence-corrected chi connectivity index (χ2v) is 6.80. The molecule has 1 spiro atoms. The summed E-state index contributed by atoms with van der Waals surface area (Å²) in [6.45, 7) is 1.97. The van der Waals surface area contributed by atoms with Crippen LogP contribution in [0, 0.1) is 5.41 Å². The van der Waals surface area contributed by atoms with E-state index in [0.717, 1.165) is 30.6 Å². The van der Waals surface area contributed by atoms with Crippen LogP contribution >= 0.6 is 0 Å². The summed E-state index contributed by atoms with van der Waals surface area (Å²) in [6, 6.07) is 8.01. The van der Waals surface area contributed by atoms with Gasteiger partial charge in [0.2, 0.25) is 5.95 Å². The van der Waals surface area contributed by atoms with Gasteiger partial charge in [0, 0.05) is 24.7 Å². The Morgan fingerprint density at radius 1 is 1.32 bits per heavy atom. The average Bonchev–Trinajstić information content (AvgIpc) is 3.09. The van der Waals surface area contributed by atoms with E-state index in [1.54, 1.807) is 11.8 Å². The van der Waals surface area contributed by atoms with Crippen molar-refractivity contribution < 1.29 is 14.6 Å². The summed E-state index contributed by atoms with van der Waals surface area (Å²) >= 11 is 0. The molecule has 0 radical (unpaired) electrons. The molecule has 8 heteroatoms. The predicted molar refractivity (Wildman–Crippen MR) is 90.4 cm³/mol. The van der Waals surface area contributed by atoms with Gasteiger partial charge in [-0.2, -0.15) is 0 Å². The number of rotatable bonds is 5. The van der Waals surface area contributed by atoms with Gasteiger partial charge in [0.15, 0.2) is 0 Å². The number of nitrogens with zero attached hydrogens (tertiary/aromatic N) is 4. The fourth-order valence-corrected chi connectivity index (χ4v) is 3.87. The summed E-state index contributed by atoms with van der Waals surface area (Å²) in [4.78, 5) is 0. The Kier molecular flexibility index (Phi) is 4.30. The van der Waals surface area contributed by atoms with Crippen molar-refractivity contribution in [3.05, 3.63) is 29.8 Å². The van der Waals surface area contributed by atoms with Gasteiger partial charge >= 0.3 is 0 Å². The molecule has 1 saturated carbocycles. The zero-order valence-corrected chi connectivity index (χ0v) is 14.3. The highest BCUT2D eigenvalue weighted by atomic mass is 16.5. The third-order valence-electron chi connectivity index (χ3n) is 5.57. The van der Waals surface area contributed by atoms with Gasteiger partial charge in [0.25, 0.3) is 0 Å². The number of ether oxygens (including phenoxy) is 2. The van der Waals surface area contributed by atoms with Gasteiger partial charge in [-0.05, 0) is 47.4 Å². The van der Waals surface area contributed by atoms with Gasteiger partial charge in [-0.15, -0.1) is 0 Å². The molecule has 2 atom stereocenters. The molecular weight excluding hydrogens is 322 g/mol. The van der Waals surface area contributed by atoms with Crippen molar-refractivity contribution in [3.8, 4) is 5.75 Å². The lowest BCUT2D eigenvalue weighted by atomic mass is 9.58. The topological polar surface area (TPSA) is 94.3 Å². The molecular formula is C17H23N5O3. The zero-order chi connectivity index (χ0) is 17.3. The van der Waals surface area contributed by atoms with Crippen molar-refractivity contribution in [2.75, 3.05) is 25.6 Å². The van der Waals surface area contributed by atoms with Crippen LogP contribution in [-0.4, -0.2) is 57.8 Å². The van der Waals surface area contributed by atoms with Crippen molar-refractivity contribution in [1.29, 1.82) is 0 Å². The lowest BCUT2D eigenvalue weighted by molar-refractivity contribution is -0.133. The number of benzene rings is 1. The number of tetrazole rings is 1. The van der Waals surface area contributed by atoms with E-state index in [1.165, 1.54) is 0 Å². The average molecular weight is 345 g/mol. The quantitative estimate of drug-likeness (QED) is 0.837. The first-order valence-electron chi connectivity index (χ1n) is 8.63. The van der Waals surface area contributed by atoms with Gasteiger partial charge in [-0.25, -0.2) is 4.68 Å². The first-order valence-corrected chi connectivity index (χ1v) is 8.63. The van der Waals surface area contributed by atoms with E-state index in [-0.39, 0.29) is 17.6 Å². The maximum Gasteiger partial charge on any atom is 0.243 e. The Bertz CT molecular complexity index is 711. The Balaban J connectivity index is 1.46. The molecule has 1 aromatic heterocycles. The number of aromatic nitrogens is 4. The van der Waals surface area contributed by atoms with Gasteiger partial charge in [-0.3, -0.25) is 0 Å². The molecule has 0 bridgehead atoms. The summed E-state index contributed by atoms with van der Waals surface area (Å²) in [7, 11) is 1.65. The first kappa shape index (κ1) is 16.3. The third-order valence-corrected chi connectivity index (χ3v) is 5.57. The summed E-state index contributed by atoms with van der Waals surface area (Å²) in [6.07, 6.45) is 2.17. The molecule has 8 nitrogen and oxygen atoms in total. The second kappa shape index (κ2) is 6.61. The SMILES string of the molecule is COc1ccc(Cn2nnnc2N[C@@H]2C[C@@H](O)C23CCOCC3)cc1. The van der Waals surface area contributed by atoms with Crippen LogP contribution in [0.5, 0.6) is 5.75 Å². The van der Waals surface area contributed by atoms with Crippen molar-refractivity contribution in [3.63, 3.8) is 0 Å². The maximum atomic E-state index is 10.3. The molecule has 1 saturated heterocycles. The van der Waals surface area contributed by atoms with Crippen LogP contribution in [0.15, 0.2) is 24.3 Å². The van der Waals surface area contributed by atoms with Gasteiger partial charge in [0.05, 0.1) is 19.8 Å². The highest BCUT2D eigenvalue weighted by Gasteiger charge is 2.55. The van der Waals surface area contributed by atoms with E-state index in [4.69, 9.17) is 9.47 Å². The van der Waals surface area contributed by atoms with E-state index in [0.29, 0.717) is 25.7 Å². The smallest absolute Gasteiger partial charge is 0.243 e. The van der Waals surface area contributed by atoms with E-state index in [2.05, 4.69) is 20.8 Å². The second-order valence-electron chi connectivity index (χ2n) is 6.80. The fraction of sp³-hybridized carbons (Fsp3) is 0.588. The van der Waals surface area contributed by atoms with Crippen LogP contribution in [-0.2, 0) is 11.3 Å². The van der Waals surface area contributed by atoms with Crippen LogP contribution < -0.4 is 10.1 Å². The molecule has 2 aromatic rings. The normalized spacial score (nSPS) is 24.7. The van der Waals surface area contributed by atoms with Crippen molar-refractivity contribution in [1.82, 2.24) is 20.2 Å². The Morgan fingerprint density at radius 2 is 2.08 bits per heavy atom. The van der Waals surface area contributed by atoms with E-state index >= 15 is 0 Å². The number of nitrogens with one attached hydrogen (secondary N) is 1. The number of hydrogen-bond acceptors (Lipinski definition) is 7. The number of methoxy groups -OCH3 is 1. The highest BCUT2D eigenvalue weighted by molar-refractivity contribution is 5.32. The van der Waals surface area contributed by atoms with Gasteiger partial charge < -0.3 is 19.9 Å². The Labute approximate surface area is 146 Å². The summed E-state index contributed by atoms with van der Waals surface area (Å²) in [5, 5.41) is 25.8. The summed E-state index contributed by atoms with van der Waals surface area (Å²) in [5.74, 6) is 1.46. The minimum atomic E-state index is -0.278. The molecule has 4 rings (SSSR count). The lowest BCUT2D eigenvalue weighted by Crippen LogP contribution is -2.62. The molecule has 134 valence electrons. The minimum absolute atomic E-state index is 0.116. The Morgan fingerprint density at radius 3 is 2.76 bits per heavy atom. The van der Waals surface area contributed by atoms with E-state index in [9.17, 15) is 5.11 Å². The predicted octanol–water partition coefficient (Wildman–Crippen LogP) is 1.07. The van der Waals surface area contributed by atoms with Crippen molar-refractivity contribution in [2.24, 2.45) is 5.41 Å². The summed E-state index contributed by atoms with van der Waals surface area (Å²) in [5.41, 5.74) is 0.973. The number of anilines is 1. The Hall–Kier alpha value is -2.19. The lowest BCUT2D eigenvalue weighted by Gasteiger charge is -2.55. The highest BCUT2D eigenvalue weighted by Crippen LogP contribution is 2.49. The third kappa shape index (κ3) is 2.96. The maximum absolute atomic E-state index is 10.3. The van der Waals surface area contributed by atoms with Gasteiger partial charge in [-0.1, -0.05) is 17.2 Å². The summed E-state index contributed by atoms with van der Waals surface area (Å²) < 4.78 is 12.4. The zero-order valence-electron chi connectivity index (χ0n) is 14.3. The van der Waals surface area contributed by atoms with Crippen LogP contribution in [0.2, 0.25) is 0 Å². The van der Waals surface area contributed by atoms with Crippen molar-refractivity contribution in [2.45, 2.75) is 38.0 Å². The molecule has 2 N–H and O–H groups in total. The minimum Gasteiger partial charge on any atom is -0.497 e. The van der Waals surface area contributed by atoms with Gasteiger partial charge in [0.1, 0.15) is 5.75 Å². The first-order chi connectivity index (χ1) is 12.2. The molecule has 0 unspecified atom stereocenters. The molecule has 1 aliphatic heterocycles.